The number of nitrogens with zero attached hydrogens (tertiary/aromatic N) is 1. The maximum absolute atomic E-state index is 12.9. The number of ether oxygens (including phenoxy) is 1. The number of sulfone groups is 1. The van der Waals surface area contributed by atoms with E-state index >= 15 is 0 Å². The summed E-state index contributed by atoms with van der Waals surface area (Å²) in [5.41, 5.74) is 7.17. The lowest BCUT2D eigenvalue weighted by Crippen LogP contribution is -2.47. The number of primary amides is 1. The molecule has 0 spiro atoms. The summed E-state index contributed by atoms with van der Waals surface area (Å²) in [4.78, 5) is 14.4. The van der Waals surface area contributed by atoms with Crippen LogP contribution in [0, 0.1) is 11.3 Å². The Bertz CT molecular complexity index is 852. The van der Waals surface area contributed by atoms with Gasteiger partial charge in [0.15, 0.2) is 9.84 Å². The Hall–Kier alpha value is -1.44. The molecule has 1 saturated heterocycles. The van der Waals surface area contributed by atoms with E-state index < -0.39 is 15.7 Å². The van der Waals surface area contributed by atoms with Crippen molar-refractivity contribution < 1.29 is 17.9 Å². The average molecular weight is 435 g/mol. The van der Waals surface area contributed by atoms with Crippen LogP contribution in [0.25, 0.3) is 0 Å². The highest BCUT2D eigenvalue weighted by molar-refractivity contribution is 7.92. The van der Waals surface area contributed by atoms with Gasteiger partial charge in [0, 0.05) is 25.2 Å². The number of hydrogen-bond donors (Lipinski definition) is 1. The summed E-state index contributed by atoms with van der Waals surface area (Å²) in [6, 6.07) is 7.60. The van der Waals surface area contributed by atoms with Gasteiger partial charge in [-0.1, -0.05) is 18.2 Å². The largest absolute Gasteiger partial charge is 0.379 e. The van der Waals surface area contributed by atoms with Crippen LogP contribution in [-0.4, -0.2) is 63.1 Å². The fraction of sp³-hybridized carbons (Fsp3) is 0.696. The Kier molecular flexibility index (Phi) is 6.51. The van der Waals surface area contributed by atoms with E-state index in [9.17, 15) is 13.2 Å². The van der Waals surface area contributed by atoms with Crippen molar-refractivity contribution in [1.29, 1.82) is 0 Å². The van der Waals surface area contributed by atoms with Crippen LogP contribution < -0.4 is 5.73 Å². The first kappa shape index (κ1) is 21.8. The SMILES string of the molecule is NC(=O)c1ccccc1CC1(CN2CCOCC2)CCC(S(=O)(=O)CC2CC2)CC1. The van der Waals surface area contributed by atoms with Gasteiger partial charge in [-0.15, -0.1) is 0 Å². The lowest BCUT2D eigenvalue weighted by molar-refractivity contribution is 0.00730. The minimum Gasteiger partial charge on any atom is -0.379 e. The smallest absolute Gasteiger partial charge is 0.248 e. The zero-order valence-corrected chi connectivity index (χ0v) is 18.5. The fourth-order valence-electron chi connectivity index (χ4n) is 5.26. The van der Waals surface area contributed by atoms with Crippen molar-refractivity contribution >= 4 is 15.7 Å². The molecule has 0 unspecified atom stereocenters. The summed E-state index contributed by atoms with van der Waals surface area (Å²) in [7, 11) is -3.01. The van der Waals surface area contributed by atoms with Crippen LogP contribution in [0.2, 0.25) is 0 Å². The lowest BCUT2D eigenvalue weighted by Gasteiger charge is -2.44. The van der Waals surface area contributed by atoms with Crippen molar-refractivity contribution in [1.82, 2.24) is 4.90 Å². The highest BCUT2D eigenvalue weighted by Crippen LogP contribution is 2.43. The van der Waals surface area contributed by atoms with Gasteiger partial charge in [0.1, 0.15) is 0 Å². The first-order valence-electron chi connectivity index (χ1n) is 11.3. The van der Waals surface area contributed by atoms with Gasteiger partial charge in [0.25, 0.3) is 0 Å². The van der Waals surface area contributed by atoms with Gasteiger partial charge in [0.2, 0.25) is 5.91 Å². The molecule has 0 radical (unpaired) electrons. The van der Waals surface area contributed by atoms with Gasteiger partial charge < -0.3 is 10.5 Å². The van der Waals surface area contributed by atoms with Crippen molar-refractivity contribution in [2.75, 3.05) is 38.6 Å². The van der Waals surface area contributed by atoms with Crippen molar-refractivity contribution in [3.05, 3.63) is 35.4 Å². The molecule has 166 valence electrons. The third-order valence-electron chi connectivity index (χ3n) is 7.18. The second kappa shape index (κ2) is 8.97. The van der Waals surface area contributed by atoms with Gasteiger partial charge in [-0.05, 0) is 67.9 Å². The van der Waals surface area contributed by atoms with Gasteiger partial charge in [-0.3, -0.25) is 9.69 Å². The average Bonchev–Trinajstić information content (AvgIpc) is 3.52. The van der Waals surface area contributed by atoms with E-state index in [-0.39, 0.29) is 10.7 Å². The Balaban J connectivity index is 1.52. The molecule has 1 aliphatic heterocycles. The second-order valence-corrected chi connectivity index (χ2v) is 11.9. The zero-order chi connectivity index (χ0) is 21.2. The first-order chi connectivity index (χ1) is 14.4. The van der Waals surface area contributed by atoms with E-state index in [1.807, 2.05) is 18.2 Å². The second-order valence-electron chi connectivity index (χ2n) is 9.56. The van der Waals surface area contributed by atoms with Crippen molar-refractivity contribution in [2.24, 2.45) is 17.1 Å². The Labute approximate surface area is 180 Å². The van der Waals surface area contributed by atoms with E-state index in [1.54, 1.807) is 6.07 Å². The Morgan fingerprint density at radius 3 is 2.40 bits per heavy atom. The predicted molar refractivity (Wildman–Crippen MR) is 117 cm³/mol. The van der Waals surface area contributed by atoms with Crippen LogP contribution in [-0.2, 0) is 21.0 Å². The molecule has 30 heavy (non-hydrogen) atoms. The van der Waals surface area contributed by atoms with Crippen LogP contribution in [0.1, 0.15) is 54.4 Å². The Morgan fingerprint density at radius 1 is 1.10 bits per heavy atom. The molecule has 2 saturated carbocycles. The first-order valence-corrected chi connectivity index (χ1v) is 13.0. The monoisotopic (exact) mass is 434 g/mol. The summed E-state index contributed by atoms with van der Waals surface area (Å²) in [5.74, 6) is 0.379. The van der Waals surface area contributed by atoms with E-state index in [0.717, 1.165) is 83.4 Å². The van der Waals surface area contributed by atoms with Crippen LogP contribution in [0.5, 0.6) is 0 Å². The van der Waals surface area contributed by atoms with E-state index in [1.165, 1.54) is 0 Å². The number of morpholine rings is 1. The molecule has 0 atom stereocenters. The number of nitrogens with two attached hydrogens (primary N) is 1. The minimum absolute atomic E-state index is 0.0332. The maximum atomic E-state index is 12.9. The molecule has 7 heteroatoms. The standard InChI is InChI=1S/C23H34N2O4S/c24-22(26)21-4-2-1-3-19(21)15-23(17-25-11-13-29-14-12-25)9-7-20(8-10-23)30(27,28)16-18-5-6-18/h1-4,18,20H,5-17H2,(H2,24,26). The molecular formula is C23H34N2O4S. The summed E-state index contributed by atoms with van der Waals surface area (Å²) in [6.45, 7) is 4.21. The van der Waals surface area contributed by atoms with Crippen LogP contribution in [0.4, 0.5) is 0 Å². The van der Waals surface area contributed by atoms with Crippen molar-refractivity contribution in [3.63, 3.8) is 0 Å². The van der Waals surface area contributed by atoms with Crippen LogP contribution >= 0.6 is 0 Å². The van der Waals surface area contributed by atoms with Gasteiger partial charge in [0.05, 0.1) is 24.2 Å². The molecule has 4 rings (SSSR count). The molecule has 2 aliphatic carbocycles. The molecule has 1 heterocycles. The summed E-state index contributed by atoms with van der Waals surface area (Å²) in [5, 5.41) is -0.206. The van der Waals surface area contributed by atoms with Crippen LogP contribution in [0.3, 0.4) is 0 Å². The normalized spacial score (nSPS) is 28.3. The molecule has 0 aromatic heterocycles. The zero-order valence-electron chi connectivity index (χ0n) is 17.7. The topological polar surface area (TPSA) is 89.7 Å². The number of benzene rings is 1. The van der Waals surface area contributed by atoms with Crippen molar-refractivity contribution in [3.8, 4) is 0 Å². The fourth-order valence-corrected chi connectivity index (χ4v) is 7.47. The third kappa shape index (κ3) is 5.24. The molecule has 1 amide bonds. The van der Waals surface area contributed by atoms with Crippen molar-refractivity contribution in [2.45, 2.75) is 50.2 Å². The Morgan fingerprint density at radius 2 is 1.77 bits per heavy atom. The minimum atomic E-state index is -3.01. The summed E-state index contributed by atoms with van der Waals surface area (Å²) < 4.78 is 31.2. The third-order valence-corrected chi connectivity index (χ3v) is 9.60. The highest BCUT2D eigenvalue weighted by atomic mass is 32.2. The molecule has 1 aromatic carbocycles. The number of rotatable bonds is 8. The predicted octanol–water partition coefficient (Wildman–Crippen LogP) is 2.41. The lowest BCUT2D eigenvalue weighted by atomic mass is 9.69. The van der Waals surface area contributed by atoms with E-state index in [4.69, 9.17) is 10.5 Å². The van der Waals surface area contributed by atoms with Gasteiger partial charge in [-0.2, -0.15) is 0 Å². The number of amides is 1. The summed E-state index contributed by atoms with van der Waals surface area (Å²) in [6.07, 6.45) is 6.07. The number of carbonyl (C=O) groups is 1. The quantitative estimate of drug-likeness (QED) is 0.679. The summed E-state index contributed by atoms with van der Waals surface area (Å²) >= 11 is 0. The number of carbonyl (C=O) groups excluding carboxylic acids is 1. The number of hydrogen-bond acceptors (Lipinski definition) is 5. The molecule has 0 bridgehead atoms. The highest BCUT2D eigenvalue weighted by Gasteiger charge is 2.42. The molecular weight excluding hydrogens is 400 g/mol. The van der Waals surface area contributed by atoms with Crippen LogP contribution in [0.15, 0.2) is 24.3 Å². The molecule has 6 nitrogen and oxygen atoms in total. The maximum Gasteiger partial charge on any atom is 0.248 e. The molecule has 1 aromatic rings. The van der Waals surface area contributed by atoms with E-state index in [0.29, 0.717) is 17.2 Å². The van der Waals surface area contributed by atoms with Gasteiger partial charge >= 0.3 is 0 Å². The molecule has 3 aliphatic rings. The molecule has 2 N–H and O–H groups in total. The van der Waals surface area contributed by atoms with E-state index in [2.05, 4.69) is 4.90 Å². The molecule has 3 fully saturated rings. The van der Waals surface area contributed by atoms with Gasteiger partial charge in [-0.25, -0.2) is 8.42 Å².